The molecule has 1 fully saturated rings. The van der Waals surface area contributed by atoms with E-state index in [-0.39, 0.29) is 44.3 Å². The van der Waals surface area contributed by atoms with Crippen molar-refractivity contribution in [2.45, 2.75) is 37.2 Å². The fourth-order valence-electron chi connectivity index (χ4n) is 3.76. The van der Waals surface area contributed by atoms with Gasteiger partial charge in [-0.05, 0) is 31.0 Å². The van der Waals surface area contributed by atoms with Crippen molar-refractivity contribution < 1.29 is 27.6 Å². The SMILES string of the molecule is CNS(=O)(=O)O[C@@H]1C[C@H](Nc2ncncc2C(=O)c2cc([C@@H](O)c3cccc(Cl)n3)c(Cl)s2)C[C@@H]1O. The maximum atomic E-state index is 13.3. The van der Waals surface area contributed by atoms with Crippen molar-refractivity contribution >= 4 is 56.4 Å². The number of aliphatic hydroxyl groups excluding tert-OH is 2. The highest BCUT2D eigenvalue weighted by Gasteiger charge is 2.37. The molecule has 1 aliphatic carbocycles. The van der Waals surface area contributed by atoms with Gasteiger partial charge in [-0.15, -0.1) is 11.3 Å². The average molecular weight is 574 g/mol. The number of halogens is 2. The van der Waals surface area contributed by atoms with Crippen LogP contribution in [0.4, 0.5) is 5.82 Å². The predicted octanol–water partition coefficient (Wildman–Crippen LogP) is 2.34. The first kappa shape index (κ1) is 26.8. The zero-order valence-corrected chi connectivity index (χ0v) is 21.8. The molecule has 36 heavy (non-hydrogen) atoms. The largest absolute Gasteiger partial charge is 0.390 e. The molecule has 3 aromatic rings. The van der Waals surface area contributed by atoms with Crippen LogP contribution in [0.1, 0.15) is 45.4 Å². The molecule has 0 saturated heterocycles. The second-order valence-corrected chi connectivity index (χ2v) is 11.5. The highest BCUT2D eigenvalue weighted by Crippen LogP contribution is 2.36. The number of carbonyl (C=O) groups excluding carboxylic acids is 1. The number of nitrogens with one attached hydrogen (secondary N) is 2. The van der Waals surface area contributed by atoms with Gasteiger partial charge in [-0.1, -0.05) is 29.3 Å². The Labute approximate surface area is 220 Å². The summed E-state index contributed by atoms with van der Waals surface area (Å²) in [6.07, 6.45) is -0.253. The first-order valence-electron chi connectivity index (χ1n) is 10.6. The fourth-order valence-corrected chi connectivity index (χ4v) is 5.84. The standard InChI is InChI=1S/C21H21Cl2N5O6S2/c1-24-36(32,33)34-15-6-10(5-14(15)29)27-21-12(8-25-9-26-21)19(31)16-7-11(20(23)35-16)18(30)13-3-2-4-17(22)28-13/h2-4,7-10,14-15,18,24,29-30H,5-6H2,1H3,(H,25,26,27)/t10-,14+,15-,18-/m1/s1. The molecule has 1 aliphatic rings. The third kappa shape index (κ3) is 6.01. The smallest absolute Gasteiger partial charge is 0.335 e. The molecule has 3 aromatic heterocycles. The number of aromatic nitrogens is 3. The molecule has 0 aliphatic heterocycles. The fraction of sp³-hybridized carbons (Fsp3) is 0.333. The van der Waals surface area contributed by atoms with E-state index in [0.717, 1.165) is 11.3 Å². The quantitative estimate of drug-likeness (QED) is 0.220. The van der Waals surface area contributed by atoms with Gasteiger partial charge in [0, 0.05) is 24.8 Å². The van der Waals surface area contributed by atoms with Crippen molar-refractivity contribution in [2.75, 3.05) is 12.4 Å². The Kier molecular flexibility index (Phi) is 8.22. The zero-order valence-electron chi connectivity index (χ0n) is 18.6. The van der Waals surface area contributed by atoms with Crippen molar-refractivity contribution in [1.29, 1.82) is 0 Å². The van der Waals surface area contributed by atoms with Crippen molar-refractivity contribution in [2.24, 2.45) is 0 Å². The van der Waals surface area contributed by atoms with Crippen LogP contribution in [0.5, 0.6) is 0 Å². The average Bonchev–Trinajstić information content (AvgIpc) is 3.40. The van der Waals surface area contributed by atoms with E-state index in [9.17, 15) is 23.4 Å². The molecule has 4 rings (SSSR count). The Hall–Kier alpha value is -2.23. The highest BCUT2D eigenvalue weighted by molar-refractivity contribution is 7.84. The maximum absolute atomic E-state index is 13.3. The first-order valence-corrected chi connectivity index (χ1v) is 13.6. The Morgan fingerprint density at radius 1 is 1.31 bits per heavy atom. The summed E-state index contributed by atoms with van der Waals surface area (Å²) >= 11 is 13.2. The van der Waals surface area contributed by atoms with Gasteiger partial charge in [-0.25, -0.2) is 15.0 Å². The molecule has 1 saturated carbocycles. The van der Waals surface area contributed by atoms with Crippen LogP contribution in [0.2, 0.25) is 9.49 Å². The minimum absolute atomic E-state index is 0.138. The van der Waals surface area contributed by atoms with Gasteiger partial charge in [-0.2, -0.15) is 13.1 Å². The lowest BCUT2D eigenvalue weighted by atomic mass is 10.1. The summed E-state index contributed by atoms with van der Waals surface area (Å²) in [6, 6.07) is 5.86. The van der Waals surface area contributed by atoms with E-state index >= 15 is 0 Å². The van der Waals surface area contributed by atoms with Gasteiger partial charge < -0.3 is 15.5 Å². The highest BCUT2D eigenvalue weighted by atomic mass is 35.5. The van der Waals surface area contributed by atoms with Crippen molar-refractivity contribution in [3.05, 3.63) is 68.0 Å². The van der Waals surface area contributed by atoms with Crippen molar-refractivity contribution in [1.82, 2.24) is 19.7 Å². The third-order valence-corrected chi connectivity index (χ3v) is 8.12. The van der Waals surface area contributed by atoms with Crippen molar-refractivity contribution in [3.8, 4) is 0 Å². The number of anilines is 1. The molecule has 0 radical (unpaired) electrons. The van der Waals surface area contributed by atoms with E-state index in [0.29, 0.717) is 5.56 Å². The van der Waals surface area contributed by atoms with E-state index in [1.165, 1.54) is 25.6 Å². The Morgan fingerprint density at radius 2 is 2.08 bits per heavy atom. The summed E-state index contributed by atoms with van der Waals surface area (Å²) < 4.78 is 30.6. The minimum Gasteiger partial charge on any atom is -0.390 e. The van der Waals surface area contributed by atoms with Crippen LogP contribution in [0.3, 0.4) is 0 Å². The number of pyridine rings is 1. The van der Waals surface area contributed by atoms with Crippen LogP contribution >= 0.6 is 34.5 Å². The van der Waals surface area contributed by atoms with Crippen LogP contribution in [0, 0.1) is 0 Å². The lowest BCUT2D eigenvalue weighted by Gasteiger charge is -2.15. The molecule has 4 N–H and O–H groups in total. The van der Waals surface area contributed by atoms with Gasteiger partial charge >= 0.3 is 10.3 Å². The van der Waals surface area contributed by atoms with E-state index in [4.69, 9.17) is 27.4 Å². The summed E-state index contributed by atoms with van der Waals surface area (Å²) in [4.78, 5) is 25.7. The third-order valence-electron chi connectivity index (χ3n) is 5.52. The number of nitrogens with zero attached hydrogens (tertiary/aromatic N) is 3. The maximum Gasteiger partial charge on any atom is 0.335 e. The van der Waals surface area contributed by atoms with Crippen LogP contribution in [-0.2, 0) is 14.5 Å². The summed E-state index contributed by atoms with van der Waals surface area (Å²) in [5, 5.41) is 24.2. The zero-order chi connectivity index (χ0) is 26.0. The first-order chi connectivity index (χ1) is 17.1. The van der Waals surface area contributed by atoms with E-state index in [1.807, 2.05) is 4.72 Å². The summed E-state index contributed by atoms with van der Waals surface area (Å²) in [5.74, 6) is -0.237. The van der Waals surface area contributed by atoms with Gasteiger partial charge in [0.15, 0.2) is 0 Å². The second kappa shape index (κ2) is 11.0. The molecule has 0 spiro atoms. The van der Waals surface area contributed by atoms with E-state index in [1.54, 1.807) is 18.2 Å². The van der Waals surface area contributed by atoms with Crippen molar-refractivity contribution in [3.63, 3.8) is 0 Å². The van der Waals surface area contributed by atoms with Crippen LogP contribution in [-0.4, -0.2) is 64.7 Å². The number of hydrogen-bond acceptors (Lipinski definition) is 11. The van der Waals surface area contributed by atoms with Gasteiger partial charge in [0.25, 0.3) is 0 Å². The van der Waals surface area contributed by atoms with Crippen LogP contribution in [0.25, 0.3) is 0 Å². The van der Waals surface area contributed by atoms with Crippen LogP contribution < -0.4 is 10.0 Å². The normalized spacial score (nSPS) is 20.9. The number of aliphatic hydroxyl groups is 2. The minimum atomic E-state index is -3.98. The number of hydrogen-bond donors (Lipinski definition) is 4. The van der Waals surface area contributed by atoms with E-state index in [2.05, 4.69) is 20.3 Å². The lowest BCUT2D eigenvalue weighted by molar-refractivity contribution is 0.0636. The molecular formula is C21H21Cl2N5O6S2. The molecule has 0 aromatic carbocycles. The molecule has 4 atom stereocenters. The van der Waals surface area contributed by atoms with Gasteiger partial charge in [0.1, 0.15) is 29.5 Å². The molecule has 11 nitrogen and oxygen atoms in total. The molecule has 0 bridgehead atoms. The summed E-state index contributed by atoms with van der Waals surface area (Å²) in [7, 11) is -2.78. The lowest BCUT2D eigenvalue weighted by Crippen LogP contribution is -2.31. The van der Waals surface area contributed by atoms with E-state index < -0.39 is 40.4 Å². The monoisotopic (exact) mass is 573 g/mol. The summed E-state index contributed by atoms with van der Waals surface area (Å²) in [5.41, 5.74) is 0.721. The molecular weight excluding hydrogens is 553 g/mol. The molecule has 0 amide bonds. The number of carbonyl (C=O) groups is 1. The van der Waals surface area contributed by atoms with Gasteiger partial charge in [-0.3, -0.25) is 8.98 Å². The molecule has 3 heterocycles. The van der Waals surface area contributed by atoms with Gasteiger partial charge in [0.2, 0.25) is 5.78 Å². The van der Waals surface area contributed by atoms with Crippen LogP contribution in [0.15, 0.2) is 36.8 Å². The Bertz CT molecular complexity index is 1370. The molecule has 192 valence electrons. The van der Waals surface area contributed by atoms with Gasteiger partial charge in [0.05, 0.1) is 26.6 Å². The predicted molar refractivity (Wildman–Crippen MR) is 134 cm³/mol. The number of ketones is 1. The topological polar surface area (TPSA) is 164 Å². The number of rotatable bonds is 9. The second-order valence-electron chi connectivity index (χ2n) is 7.91. The Balaban J connectivity index is 1.53. The Morgan fingerprint density at radius 3 is 2.81 bits per heavy atom. The summed E-state index contributed by atoms with van der Waals surface area (Å²) in [6.45, 7) is 0. The molecule has 0 unspecified atom stereocenters. The number of thiophene rings is 1. The molecule has 15 heteroatoms.